The zero-order valence-corrected chi connectivity index (χ0v) is 53.3. The van der Waals surface area contributed by atoms with Gasteiger partial charge in [-0.25, -0.2) is 15.0 Å². The summed E-state index contributed by atoms with van der Waals surface area (Å²) in [6.07, 6.45) is 13.7. The molecular formula is C66H94F2N12O9. The number of unbranched alkanes of at least 4 members (excludes halogenated alkanes) is 6. The number of aromatic nitrogens is 6. The van der Waals surface area contributed by atoms with Crippen LogP contribution in [0.4, 0.5) is 44.1 Å². The molecule has 0 aliphatic heterocycles. The summed E-state index contributed by atoms with van der Waals surface area (Å²) in [5, 5.41) is 10.2. The number of carbonyl (C=O) groups is 3. The molecule has 0 aliphatic rings. The number of hydrogen-bond donors (Lipinski definition) is 6. The van der Waals surface area contributed by atoms with Gasteiger partial charge in [0.1, 0.15) is 66.2 Å². The van der Waals surface area contributed by atoms with Crippen LogP contribution in [-0.2, 0) is 49.5 Å². The van der Waals surface area contributed by atoms with E-state index < -0.39 is 12.3 Å². The van der Waals surface area contributed by atoms with Gasteiger partial charge >= 0.3 is 5.92 Å². The van der Waals surface area contributed by atoms with Crippen LogP contribution in [0.25, 0.3) is 0 Å². The standard InChI is InChI=1S/C24H34F2N4O4.C23H34N4O4.C19H26N4O/c1-4-5-6-10-28-22-20(17(2)29-23(27)30-22)14-18-7-8-19(15-21(18)32-3)34-13-12-33-11-9-24(25,26)16-31;1-4-5-6-10-25-22-20(17(2)26-23(24)27-22)15-18-8-9-19(16-21(18)29-3)31-14-13-30-12-7-11-28;1-3-4-5-11-21-18-17(14(2)22-19(20)23-18)13-16-8-6-15(7-9-16)10-12-24/h7-8,15-16H,4-6,9-14H2,1-3H3,(H3,27,28,29,30);8-9,11,16H,4-7,10,12-15H2,1-3H3,(H3,24,25,26,27);6-9,12H,3-5,10-11,13H2,1-2H3,(H3,20,21,22,23). The third-order valence-corrected chi connectivity index (χ3v) is 14.0. The van der Waals surface area contributed by atoms with Crippen molar-refractivity contribution in [1.29, 1.82) is 0 Å². The summed E-state index contributed by atoms with van der Waals surface area (Å²) in [7, 11) is 3.22. The Labute approximate surface area is 523 Å². The Morgan fingerprint density at radius 1 is 0.494 bits per heavy atom. The quantitative estimate of drug-likeness (QED) is 0.0154. The number of aldehydes is 3. The van der Waals surface area contributed by atoms with Gasteiger partial charge in [-0.05, 0) is 74.4 Å². The molecule has 486 valence electrons. The van der Waals surface area contributed by atoms with Crippen LogP contribution in [0.3, 0.4) is 0 Å². The summed E-state index contributed by atoms with van der Waals surface area (Å²) in [5.41, 5.74) is 27.2. The monoisotopic (exact) mass is 1240 g/mol. The second-order valence-electron chi connectivity index (χ2n) is 21.1. The third kappa shape index (κ3) is 26.9. The van der Waals surface area contributed by atoms with Crippen LogP contribution in [0.1, 0.15) is 147 Å². The first-order valence-electron chi connectivity index (χ1n) is 30.7. The van der Waals surface area contributed by atoms with Gasteiger partial charge in [-0.15, -0.1) is 0 Å². The average molecular weight is 1240 g/mol. The number of methoxy groups -OCH3 is 2. The second-order valence-corrected chi connectivity index (χ2v) is 21.1. The smallest absolute Gasteiger partial charge is 0.304 e. The van der Waals surface area contributed by atoms with Crippen LogP contribution in [0, 0.1) is 20.8 Å². The van der Waals surface area contributed by atoms with E-state index in [2.05, 4.69) is 78.8 Å². The molecule has 0 aliphatic carbocycles. The number of rotatable bonds is 40. The lowest BCUT2D eigenvalue weighted by Crippen LogP contribution is -2.21. The Morgan fingerprint density at radius 3 is 1.28 bits per heavy atom. The SMILES string of the molecule is CCCCCNc1nc(N)nc(C)c1Cc1ccc(CC=O)cc1.CCCCCNc1nc(N)nc(C)c1Cc1ccc(OCCOCCC(F)(F)C=O)cc1OC.CCCCCNc1nc(N)nc(C)c1Cc1ccc(OCCOCCC=O)cc1OC. The average Bonchev–Trinajstić information content (AvgIpc) is 2.83. The molecule has 9 N–H and O–H groups in total. The van der Waals surface area contributed by atoms with E-state index in [9.17, 15) is 23.2 Å². The topological polar surface area (TPSA) is 298 Å². The largest absolute Gasteiger partial charge is 0.496 e. The Hall–Kier alpha value is -8.31. The summed E-state index contributed by atoms with van der Waals surface area (Å²) >= 11 is 0. The van der Waals surface area contributed by atoms with Crippen LogP contribution >= 0.6 is 0 Å². The minimum Gasteiger partial charge on any atom is -0.496 e. The van der Waals surface area contributed by atoms with Crippen molar-refractivity contribution in [3.05, 3.63) is 117 Å². The molecule has 0 fully saturated rings. The zero-order valence-electron chi connectivity index (χ0n) is 53.3. The van der Waals surface area contributed by atoms with Gasteiger partial charge in [0.2, 0.25) is 17.8 Å². The molecule has 0 radical (unpaired) electrons. The number of halogens is 2. The first-order valence-corrected chi connectivity index (χ1v) is 30.7. The molecule has 3 aromatic carbocycles. The summed E-state index contributed by atoms with van der Waals surface area (Å²) in [5.74, 6) is 2.39. The van der Waals surface area contributed by atoms with E-state index in [0.717, 1.165) is 156 Å². The van der Waals surface area contributed by atoms with E-state index in [4.69, 9.17) is 45.6 Å². The van der Waals surface area contributed by atoms with Crippen molar-refractivity contribution in [2.45, 2.75) is 144 Å². The lowest BCUT2D eigenvalue weighted by atomic mass is 10.0. The fourth-order valence-electron chi connectivity index (χ4n) is 9.11. The fraction of sp³-hybridized carbons (Fsp3) is 0.500. The lowest BCUT2D eigenvalue weighted by Gasteiger charge is -2.16. The predicted octanol–water partition coefficient (Wildman–Crippen LogP) is 11.0. The number of ether oxygens (including phenoxy) is 6. The molecule has 0 saturated heterocycles. The number of nitrogens with two attached hydrogens (primary N) is 3. The highest BCUT2D eigenvalue weighted by Gasteiger charge is 2.27. The summed E-state index contributed by atoms with van der Waals surface area (Å²) in [4.78, 5) is 57.2. The minimum absolute atomic E-state index is 0.119. The molecule has 6 aromatic rings. The number of nitrogen functional groups attached to an aromatic ring is 3. The second kappa shape index (κ2) is 41.0. The normalized spacial score (nSPS) is 10.9. The van der Waals surface area contributed by atoms with E-state index in [1.807, 2.05) is 57.2 Å². The van der Waals surface area contributed by atoms with Crippen molar-refractivity contribution in [3.63, 3.8) is 0 Å². The first-order chi connectivity index (χ1) is 43.0. The predicted molar refractivity (Wildman–Crippen MR) is 347 cm³/mol. The van der Waals surface area contributed by atoms with Crippen LogP contribution < -0.4 is 52.1 Å². The van der Waals surface area contributed by atoms with Gasteiger partial charge < -0.3 is 71.2 Å². The molecule has 0 spiro atoms. The van der Waals surface area contributed by atoms with Crippen molar-refractivity contribution in [3.8, 4) is 23.0 Å². The van der Waals surface area contributed by atoms with Gasteiger partial charge in [-0.1, -0.05) is 95.7 Å². The minimum atomic E-state index is -3.36. The van der Waals surface area contributed by atoms with E-state index in [0.29, 0.717) is 68.7 Å². The number of nitrogens with one attached hydrogen (secondary N) is 3. The van der Waals surface area contributed by atoms with Crippen LogP contribution in [0.15, 0.2) is 60.7 Å². The molecule has 0 atom stereocenters. The van der Waals surface area contributed by atoms with Crippen molar-refractivity contribution in [2.24, 2.45) is 0 Å². The van der Waals surface area contributed by atoms with E-state index >= 15 is 0 Å². The maximum Gasteiger partial charge on any atom is 0.304 e. The number of anilines is 6. The molecule has 0 saturated carbocycles. The van der Waals surface area contributed by atoms with E-state index in [-0.39, 0.29) is 38.0 Å². The van der Waals surface area contributed by atoms with E-state index in [1.54, 1.807) is 26.4 Å². The highest BCUT2D eigenvalue weighted by molar-refractivity contribution is 5.59. The van der Waals surface area contributed by atoms with Crippen molar-refractivity contribution < 1.29 is 51.6 Å². The van der Waals surface area contributed by atoms with Crippen molar-refractivity contribution >= 4 is 54.2 Å². The Kier molecular flexibility index (Phi) is 33.7. The molecule has 21 nitrogen and oxygen atoms in total. The molecule has 0 bridgehead atoms. The maximum absolute atomic E-state index is 12.9. The number of carbonyl (C=O) groups excluding carboxylic acids is 3. The van der Waals surface area contributed by atoms with Crippen molar-refractivity contribution in [2.75, 3.05) is 107 Å². The number of hydrogen-bond acceptors (Lipinski definition) is 21. The molecule has 3 aromatic heterocycles. The fourth-order valence-corrected chi connectivity index (χ4v) is 9.11. The molecule has 89 heavy (non-hydrogen) atoms. The Morgan fingerprint density at radius 2 is 0.899 bits per heavy atom. The Bertz CT molecular complexity index is 3070. The number of aryl methyl sites for hydroxylation is 3. The first kappa shape index (κ1) is 73.2. The van der Waals surface area contributed by atoms with Gasteiger partial charge in [0.25, 0.3) is 0 Å². The third-order valence-electron chi connectivity index (χ3n) is 14.0. The summed E-state index contributed by atoms with van der Waals surface area (Å²) < 4.78 is 58.7. The molecular weight excluding hydrogens is 1140 g/mol. The number of benzene rings is 3. The number of nitrogens with zero attached hydrogens (tertiary/aromatic N) is 6. The van der Waals surface area contributed by atoms with Gasteiger partial charge in [0.15, 0.2) is 6.29 Å². The van der Waals surface area contributed by atoms with Gasteiger partial charge in [-0.3, -0.25) is 4.79 Å². The molecule has 23 heteroatoms. The summed E-state index contributed by atoms with van der Waals surface area (Å²) in [6, 6.07) is 19.3. The molecule has 6 rings (SSSR count). The zero-order chi connectivity index (χ0) is 64.8. The Balaban J connectivity index is 0.000000289. The summed E-state index contributed by atoms with van der Waals surface area (Å²) in [6.45, 7) is 16.2. The van der Waals surface area contributed by atoms with Crippen LogP contribution in [0.2, 0.25) is 0 Å². The van der Waals surface area contributed by atoms with Gasteiger partial charge in [0, 0.05) is 104 Å². The van der Waals surface area contributed by atoms with Crippen molar-refractivity contribution in [1.82, 2.24) is 29.9 Å². The molecule has 3 heterocycles. The number of alkyl halides is 2. The maximum atomic E-state index is 12.9. The highest BCUT2D eigenvalue weighted by atomic mass is 19.3. The van der Waals surface area contributed by atoms with Crippen LogP contribution in [-0.4, -0.2) is 128 Å². The lowest BCUT2D eigenvalue weighted by molar-refractivity contribution is -0.131. The van der Waals surface area contributed by atoms with Gasteiger partial charge in [-0.2, -0.15) is 23.7 Å². The molecule has 0 unspecified atom stereocenters. The highest BCUT2D eigenvalue weighted by Crippen LogP contribution is 2.32. The van der Waals surface area contributed by atoms with Gasteiger partial charge in [0.05, 0.1) is 40.6 Å². The molecule has 0 amide bonds. The van der Waals surface area contributed by atoms with Crippen LogP contribution in [0.5, 0.6) is 23.0 Å². The van der Waals surface area contributed by atoms with E-state index in [1.165, 1.54) is 19.3 Å².